The molecule has 1 heteroatoms. The van der Waals surface area contributed by atoms with Crippen molar-refractivity contribution in [1.29, 1.82) is 0 Å². The molecule has 4 unspecified atom stereocenters. The number of hydrogen-bond acceptors (Lipinski definition) is 1. The highest BCUT2D eigenvalue weighted by Gasteiger charge is 2.70. The summed E-state index contributed by atoms with van der Waals surface area (Å²) in [5.41, 5.74) is 8.58. The van der Waals surface area contributed by atoms with E-state index in [0.717, 1.165) is 23.2 Å². The van der Waals surface area contributed by atoms with Gasteiger partial charge in [0.1, 0.15) is 0 Å². The van der Waals surface area contributed by atoms with E-state index in [4.69, 9.17) is 0 Å². The van der Waals surface area contributed by atoms with Crippen molar-refractivity contribution in [3.63, 3.8) is 0 Å². The molecular formula is C36H33N. The number of fused-ring (bicyclic) bond motifs is 2. The summed E-state index contributed by atoms with van der Waals surface area (Å²) >= 11 is 0. The zero-order chi connectivity index (χ0) is 24.7. The molecule has 0 aliphatic heterocycles. The number of benzene rings is 5. The molecule has 3 fully saturated rings. The van der Waals surface area contributed by atoms with E-state index in [1.807, 2.05) is 0 Å². The Morgan fingerprint density at radius 1 is 0.649 bits per heavy atom. The molecule has 5 aromatic rings. The second-order valence-corrected chi connectivity index (χ2v) is 12.1. The van der Waals surface area contributed by atoms with Gasteiger partial charge in [0.05, 0.1) is 5.69 Å². The summed E-state index contributed by atoms with van der Waals surface area (Å²) in [6.07, 6.45) is 5.83. The van der Waals surface area contributed by atoms with E-state index >= 15 is 0 Å². The van der Waals surface area contributed by atoms with Gasteiger partial charge in [-0.1, -0.05) is 60.7 Å². The van der Waals surface area contributed by atoms with Crippen LogP contribution < -0.4 is 4.90 Å². The van der Waals surface area contributed by atoms with Crippen molar-refractivity contribution in [2.24, 2.45) is 17.3 Å². The molecule has 4 atom stereocenters. The first-order chi connectivity index (χ1) is 18.1. The predicted octanol–water partition coefficient (Wildman–Crippen LogP) is 9.98. The Hall–Kier alpha value is -3.58. The van der Waals surface area contributed by atoms with Gasteiger partial charge in [-0.05, 0) is 127 Å². The third kappa shape index (κ3) is 3.16. The molecule has 1 nitrogen and oxygen atoms in total. The highest BCUT2D eigenvalue weighted by Crippen LogP contribution is 2.80. The minimum atomic E-state index is 0.737. The fraction of sp³-hybridized carbons (Fsp3) is 0.278. The highest BCUT2D eigenvalue weighted by molar-refractivity contribution is 6.14. The molecule has 3 aliphatic rings. The van der Waals surface area contributed by atoms with Crippen molar-refractivity contribution in [3.05, 3.63) is 114 Å². The number of anilines is 3. The first-order valence-electron chi connectivity index (χ1n) is 14.0. The maximum Gasteiger partial charge on any atom is 0.0618 e. The lowest BCUT2D eigenvalue weighted by molar-refractivity contribution is 0.120. The van der Waals surface area contributed by atoms with Crippen LogP contribution in [0.25, 0.3) is 21.5 Å². The van der Waals surface area contributed by atoms with Crippen LogP contribution in [0.3, 0.4) is 0 Å². The van der Waals surface area contributed by atoms with Gasteiger partial charge >= 0.3 is 0 Å². The molecule has 3 aliphatic carbocycles. The third-order valence-electron chi connectivity index (χ3n) is 9.96. The normalized spacial score (nSPS) is 25.5. The Morgan fingerprint density at radius 2 is 1.38 bits per heavy atom. The van der Waals surface area contributed by atoms with Crippen LogP contribution >= 0.6 is 0 Å². The van der Waals surface area contributed by atoms with E-state index < -0.39 is 0 Å². The number of hydrogen-bond donors (Lipinski definition) is 0. The van der Waals surface area contributed by atoms with E-state index in [2.05, 4.69) is 116 Å². The minimum absolute atomic E-state index is 0.737. The second kappa shape index (κ2) is 7.71. The average molecular weight is 480 g/mol. The molecule has 0 bridgehead atoms. The first-order valence-corrected chi connectivity index (χ1v) is 14.0. The maximum absolute atomic E-state index is 2.56. The topological polar surface area (TPSA) is 3.24 Å². The van der Waals surface area contributed by atoms with E-state index in [0.29, 0.717) is 0 Å². The molecule has 0 aromatic heterocycles. The van der Waals surface area contributed by atoms with Crippen LogP contribution in [0.5, 0.6) is 0 Å². The van der Waals surface area contributed by atoms with Gasteiger partial charge in [0.15, 0.2) is 0 Å². The van der Waals surface area contributed by atoms with Crippen LogP contribution in [0.15, 0.2) is 97.1 Å². The number of rotatable bonds is 4. The Bertz CT molecular complexity index is 1650. The van der Waals surface area contributed by atoms with Crippen molar-refractivity contribution >= 4 is 38.6 Å². The van der Waals surface area contributed by atoms with Crippen molar-refractivity contribution in [2.75, 3.05) is 4.90 Å². The predicted molar refractivity (Wildman–Crippen MR) is 156 cm³/mol. The van der Waals surface area contributed by atoms with Crippen molar-refractivity contribution in [2.45, 2.75) is 45.4 Å². The van der Waals surface area contributed by atoms with Crippen molar-refractivity contribution in [3.8, 4) is 0 Å². The van der Waals surface area contributed by atoms with Gasteiger partial charge in [-0.3, -0.25) is 0 Å². The molecule has 0 amide bonds. The van der Waals surface area contributed by atoms with Gasteiger partial charge in [-0.15, -0.1) is 0 Å². The van der Waals surface area contributed by atoms with Crippen molar-refractivity contribution in [1.82, 2.24) is 0 Å². The fourth-order valence-corrected chi connectivity index (χ4v) is 8.13. The van der Waals surface area contributed by atoms with Gasteiger partial charge in [0.25, 0.3) is 0 Å². The van der Waals surface area contributed by atoms with E-state index in [1.54, 1.807) is 5.56 Å². The van der Waals surface area contributed by atoms with Gasteiger partial charge in [-0.25, -0.2) is 0 Å². The molecule has 0 N–H and O–H groups in total. The fourth-order valence-electron chi connectivity index (χ4n) is 8.13. The number of aryl methyl sites for hydroxylation is 2. The Labute approximate surface area is 219 Å². The Morgan fingerprint density at radius 3 is 2.08 bits per heavy atom. The van der Waals surface area contributed by atoms with Gasteiger partial charge in [-0.2, -0.15) is 0 Å². The summed E-state index contributed by atoms with van der Waals surface area (Å²) in [6.45, 7) is 4.38. The van der Waals surface area contributed by atoms with Crippen molar-refractivity contribution < 1.29 is 0 Å². The SMILES string of the molecule is Cc1cccc(N(c2cccc(C)c2)c2c3ccccc3cc3ccc(C4CC56CC5CCC46)cc23)c1. The van der Waals surface area contributed by atoms with Gasteiger partial charge in [0.2, 0.25) is 0 Å². The highest BCUT2D eigenvalue weighted by atomic mass is 15.1. The van der Waals surface area contributed by atoms with Crippen LogP contribution in [0.2, 0.25) is 0 Å². The first kappa shape index (κ1) is 21.5. The van der Waals surface area contributed by atoms with Crippen LogP contribution in [-0.2, 0) is 0 Å². The molecular weight excluding hydrogens is 446 g/mol. The zero-order valence-electron chi connectivity index (χ0n) is 21.7. The molecule has 0 heterocycles. The third-order valence-corrected chi connectivity index (χ3v) is 9.96. The summed E-state index contributed by atoms with van der Waals surface area (Å²) in [6, 6.07) is 36.6. The quantitative estimate of drug-likeness (QED) is 0.232. The second-order valence-electron chi connectivity index (χ2n) is 12.1. The van der Waals surface area contributed by atoms with Gasteiger partial charge in [0, 0.05) is 22.1 Å². The van der Waals surface area contributed by atoms with Crippen LogP contribution in [0, 0.1) is 31.1 Å². The minimum Gasteiger partial charge on any atom is -0.309 e. The average Bonchev–Trinajstić information content (AvgIpc) is 3.57. The monoisotopic (exact) mass is 479 g/mol. The Kier molecular flexibility index (Phi) is 4.48. The zero-order valence-corrected chi connectivity index (χ0v) is 21.7. The molecule has 0 radical (unpaired) electrons. The maximum atomic E-state index is 2.56. The molecule has 1 spiro atoms. The lowest BCUT2D eigenvalue weighted by Crippen LogP contribution is -2.34. The van der Waals surface area contributed by atoms with E-state index in [9.17, 15) is 0 Å². The molecule has 5 aromatic carbocycles. The summed E-state index contributed by atoms with van der Waals surface area (Å²) in [5, 5.41) is 5.30. The summed E-state index contributed by atoms with van der Waals surface area (Å²) in [7, 11) is 0. The molecule has 3 saturated carbocycles. The molecule has 0 saturated heterocycles. The van der Waals surface area contributed by atoms with Crippen LogP contribution in [0.4, 0.5) is 17.1 Å². The largest absolute Gasteiger partial charge is 0.309 e. The summed E-state index contributed by atoms with van der Waals surface area (Å²) < 4.78 is 0. The molecule has 182 valence electrons. The molecule has 8 rings (SSSR count). The summed E-state index contributed by atoms with van der Waals surface area (Å²) in [4.78, 5) is 2.50. The lowest BCUT2D eigenvalue weighted by atomic mass is 9.60. The van der Waals surface area contributed by atoms with E-state index in [1.165, 1.54) is 75.4 Å². The standard InChI is InChI=1S/C36H33N/c1-23-7-5-10-29(17-23)37(30-11-6-8-24(2)18-30)35-31-12-4-3-9-25(31)19-26-13-14-27(20-32(26)35)33-22-36-21-28(36)15-16-34(33)36/h3-14,17-20,28,33-34H,15-16,21-22H2,1-2H3. The summed E-state index contributed by atoms with van der Waals surface area (Å²) in [5.74, 6) is 2.71. The number of nitrogens with zero attached hydrogens (tertiary/aromatic N) is 1. The van der Waals surface area contributed by atoms with E-state index in [-0.39, 0.29) is 0 Å². The lowest BCUT2D eigenvalue weighted by Gasteiger charge is -2.44. The van der Waals surface area contributed by atoms with Crippen LogP contribution in [-0.4, -0.2) is 0 Å². The smallest absolute Gasteiger partial charge is 0.0618 e. The van der Waals surface area contributed by atoms with Gasteiger partial charge < -0.3 is 4.90 Å². The molecule has 37 heavy (non-hydrogen) atoms. The Balaban J connectivity index is 1.39. The van der Waals surface area contributed by atoms with Crippen LogP contribution in [0.1, 0.15) is 48.3 Å².